The third-order valence-corrected chi connectivity index (χ3v) is 7.25. The van der Waals surface area contributed by atoms with E-state index in [1.807, 2.05) is 32.0 Å². The summed E-state index contributed by atoms with van der Waals surface area (Å²) in [6.07, 6.45) is 3.58. The molecule has 35 heavy (non-hydrogen) atoms. The number of rotatable bonds is 10. The van der Waals surface area contributed by atoms with Crippen LogP contribution in [-0.4, -0.2) is 34.1 Å². The summed E-state index contributed by atoms with van der Waals surface area (Å²) in [5.74, 6) is 0. The molecule has 3 aromatic heterocycles. The Morgan fingerprint density at radius 3 is 2.34 bits per heavy atom. The van der Waals surface area contributed by atoms with Crippen molar-refractivity contribution in [2.75, 3.05) is 6.54 Å². The van der Waals surface area contributed by atoms with E-state index >= 15 is 0 Å². The monoisotopic (exact) mass is 495 g/mol. The lowest BCUT2D eigenvalue weighted by molar-refractivity contribution is 0.558. The van der Waals surface area contributed by atoms with Crippen LogP contribution in [0.3, 0.4) is 0 Å². The number of aromatic nitrogens is 4. The number of hydrogen-bond acceptors (Lipinski definition) is 5. The first-order valence-electron chi connectivity index (χ1n) is 11.7. The van der Waals surface area contributed by atoms with E-state index < -0.39 is 10.0 Å². The number of H-pyrrole nitrogens is 1. The van der Waals surface area contributed by atoms with Crippen LogP contribution in [0.15, 0.2) is 69.2 Å². The minimum absolute atomic E-state index is 0.145. The van der Waals surface area contributed by atoms with Crippen molar-refractivity contribution in [1.82, 2.24) is 23.8 Å². The van der Waals surface area contributed by atoms with E-state index in [4.69, 9.17) is 0 Å². The van der Waals surface area contributed by atoms with Gasteiger partial charge in [-0.05, 0) is 48.7 Å². The van der Waals surface area contributed by atoms with Gasteiger partial charge in [-0.15, -0.1) is 0 Å². The molecular formula is C25H29N5O4S. The molecule has 0 saturated carbocycles. The first-order valence-corrected chi connectivity index (χ1v) is 13.2. The molecule has 4 aromatic rings. The number of nitrogens with zero attached hydrogens (tertiary/aromatic N) is 3. The topological polar surface area (TPSA) is 119 Å². The van der Waals surface area contributed by atoms with E-state index in [2.05, 4.69) is 14.7 Å². The van der Waals surface area contributed by atoms with Gasteiger partial charge < -0.3 is 4.98 Å². The van der Waals surface area contributed by atoms with Crippen LogP contribution in [0.1, 0.15) is 32.4 Å². The third-order valence-electron chi connectivity index (χ3n) is 5.78. The highest BCUT2D eigenvalue weighted by Gasteiger charge is 2.17. The standard InChI is InChI=1S/C25H29N5O4S/c1-3-15-29-22-17-21(28-23(22)24(31)30(16-4-2)25(29)32)18-8-10-20(11-9-18)35(33,34)27-14-12-19-7-5-6-13-26-19/h5-11,13,17,27-28H,3-4,12,14-16H2,1-2H3. The van der Waals surface area contributed by atoms with E-state index in [9.17, 15) is 18.0 Å². The van der Waals surface area contributed by atoms with Crippen LogP contribution in [0, 0.1) is 0 Å². The molecule has 4 rings (SSSR count). The minimum Gasteiger partial charge on any atom is -0.349 e. The zero-order valence-electron chi connectivity index (χ0n) is 19.8. The Labute approximate surface area is 203 Å². The molecule has 0 aliphatic heterocycles. The Hall–Kier alpha value is -3.50. The van der Waals surface area contributed by atoms with Gasteiger partial charge in [-0.2, -0.15) is 0 Å². The SMILES string of the molecule is CCCn1c(=O)c2[nH]c(-c3ccc(S(=O)(=O)NCCc4ccccn4)cc3)cc2n(CCC)c1=O. The van der Waals surface area contributed by atoms with Gasteiger partial charge in [-0.3, -0.25) is 18.9 Å². The second kappa shape index (κ2) is 10.4. The first kappa shape index (κ1) is 24.6. The van der Waals surface area contributed by atoms with Gasteiger partial charge in [0, 0.05) is 43.6 Å². The van der Waals surface area contributed by atoms with Crippen molar-refractivity contribution in [3.8, 4) is 11.3 Å². The molecule has 1 aromatic carbocycles. The van der Waals surface area contributed by atoms with E-state index in [1.165, 1.54) is 16.7 Å². The summed E-state index contributed by atoms with van der Waals surface area (Å²) in [5.41, 5.74) is 2.43. The molecular weight excluding hydrogens is 466 g/mol. The average Bonchev–Trinajstić information content (AvgIpc) is 3.31. The molecule has 0 atom stereocenters. The fourth-order valence-corrected chi connectivity index (χ4v) is 5.09. The summed E-state index contributed by atoms with van der Waals surface area (Å²) in [5, 5.41) is 0. The fourth-order valence-electron chi connectivity index (χ4n) is 4.06. The maximum atomic E-state index is 13.0. The summed E-state index contributed by atoms with van der Waals surface area (Å²) in [6, 6.07) is 13.7. The van der Waals surface area contributed by atoms with E-state index in [-0.39, 0.29) is 22.7 Å². The molecule has 0 amide bonds. The van der Waals surface area contributed by atoms with Crippen LogP contribution in [0.5, 0.6) is 0 Å². The van der Waals surface area contributed by atoms with E-state index in [0.717, 1.165) is 12.1 Å². The number of pyridine rings is 1. The second-order valence-corrected chi connectivity index (χ2v) is 10.1. The Kier molecular flexibility index (Phi) is 7.32. The lowest BCUT2D eigenvalue weighted by Gasteiger charge is -2.10. The van der Waals surface area contributed by atoms with E-state index in [0.29, 0.717) is 48.2 Å². The fraction of sp³-hybridized carbons (Fsp3) is 0.320. The molecule has 2 N–H and O–H groups in total. The van der Waals surface area contributed by atoms with Crippen molar-refractivity contribution in [1.29, 1.82) is 0 Å². The quantitative estimate of drug-likeness (QED) is 0.351. The largest absolute Gasteiger partial charge is 0.349 e. The minimum atomic E-state index is -3.68. The summed E-state index contributed by atoms with van der Waals surface area (Å²) < 4.78 is 30.9. The summed E-state index contributed by atoms with van der Waals surface area (Å²) in [7, 11) is -3.68. The number of aromatic amines is 1. The molecule has 0 bridgehead atoms. The molecule has 0 saturated heterocycles. The molecule has 0 aliphatic rings. The predicted octanol–water partition coefficient (Wildman–Crippen LogP) is 2.89. The molecule has 184 valence electrons. The molecule has 3 heterocycles. The molecule has 0 spiro atoms. The lowest BCUT2D eigenvalue weighted by Crippen LogP contribution is -2.39. The lowest BCUT2D eigenvalue weighted by atomic mass is 10.1. The van der Waals surface area contributed by atoms with Crippen molar-refractivity contribution >= 4 is 21.1 Å². The number of nitrogens with one attached hydrogen (secondary N) is 2. The zero-order valence-corrected chi connectivity index (χ0v) is 20.6. The van der Waals surface area contributed by atoms with Gasteiger partial charge in [0.05, 0.1) is 10.4 Å². The Morgan fingerprint density at radius 2 is 1.69 bits per heavy atom. The van der Waals surface area contributed by atoms with Crippen LogP contribution in [-0.2, 0) is 29.5 Å². The molecule has 0 aliphatic carbocycles. The molecule has 10 heteroatoms. The Balaban J connectivity index is 1.61. The van der Waals surface area contributed by atoms with Crippen molar-refractivity contribution in [2.45, 2.75) is 51.1 Å². The number of hydrogen-bond donors (Lipinski definition) is 2. The van der Waals surface area contributed by atoms with Gasteiger partial charge in [-0.1, -0.05) is 32.0 Å². The zero-order chi connectivity index (χ0) is 25.0. The highest BCUT2D eigenvalue weighted by atomic mass is 32.2. The predicted molar refractivity (Wildman–Crippen MR) is 136 cm³/mol. The summed E-state index contributed by atoms with van der Waals surface area (Å²) >= 11 is 0. The van der Waals surface area contributed by atoms with Crippen LogP contribution >= 0.6 is 0 Å². The maximum Gasteiger partial charge on any atom is 0.331 e. The van der Waals surface area contributed by atoms with Gasteiger partial charge in [0.25, 0.3) is 5.56 Å². The van der Waals surface area contributed by atoms with Gasteiger partial charge in [0.15, 0.2) is 0 Å². The van der Waals surface area contributed by atoms with Crippen molar-refractivity contribution in [2.24, 2.45) is 0 Å². The Bertz CT molecular complexity index is 1540. The summed E-state index contributed by atoms with van der Waals surface area (Å²) in [4.78, 5) is 33.3. The molecule has 0 radical (unpaired) electrons. The smallest absolute Gasteiger partial charge is 0.331 e. The molecule has 0 fully saturated rings. The number of benzene rings is 1. The second-order valence-electron chi connectivity index (χ2n) is 8.33. The normalized spacial score (nSPS) is 11.8. The molecule has 0 unspecified atom stereocenters. The highest BCUT2D eigenvalue weighted by Crippen LogP contribution is 2.24. The van der Waals surface area contributed by atoms with Crippen molar-refractivity contribution in [3.63, 3.8) is 0 Å². The van der Waals surface area contributed by atoms with Crippen LogP contribution in [0.2, 0.25) is 0 Å². The van der Waals surface area contributed by atoms with Crippen molar-refractivity contribution in [3.05, 3.63) is 81.3 Å². The number of aryl methyl sites for hydroxylation is 1. The van der Waals surface area contributed by atoms with E-state index in [1.54, 1.807) is 29.0 Å². The number of fused-ring (bicyclic) bond motifs is 1. The molecule has 9 nitrogen and oxygen atoms in total. The summed E-state index contributed by atoms with van der Waals surface area (Å²) in [6.45, 7) is 4.99. The van der Waals surface area contributed by atoms with Gasteiger partial charge >= 0.3 is 5.69 Å². The van der Waals surface area contributed by atoms with Gasteiger partial charge in [0.2, 0.25) is 10.0 Å². The van der Waals surface area contributed by atoms with Crippen molar-refractivity contribution < 1.29 is 8.42 Å². The average molecular weight is 496 g/mol. The third kappa shape index (κ3) is 5.13. The number of sulfonamides is 1. The maximum absolute atomic E-state index is 13.0. The highest BCUT2D eigenvalue weighted by molar-refractivity contribution is 7.89. The van der Waals surface area contributed by atoms with Gasteiger partial charge in [0.1, 0.15) is 5.52 Å². The van der Waals surface area contributed by atoms with Crippen LogP contribution in [0.25, 0.3) is 22.3 Å². The van der Waals surface area contributed by atoms with Crippen LogP contribution in [0.4, 0.5) is 0 Å². The van der Waals surface area contributed by atoms with Crippen LogP contribution < -0.4 is 16.0 Å². The first-order chi connectivity index (χ1) is 16.9. The van der Waals surface area contributed by atoms with Gasteiger partial charge in [-0.25, -0.2) is 17.9 Å². The Morgan fingerprint density at radius 1 is 0.971 bits per heavy atom.